The van der Waals surface area contributed by atoms with Crippen molar-refractivity contribution in [1.29, 1.82) is 0 Å². The smallest absolute Gasteiger partial charge is 0.0988 e. The summed E-state index contributed by atoms with van der Waals surface area (Å²) in [4.78, 5) is 2.54. The second-order valence-corrected chi connectivity index (χ2v) is 7.48. The predicted octanol–water partition coefficient (Wildman–Crippen LogP) is 4.35. The molecule has 3 aromatic carbocycles. The van der Waals surface area contributed by atoms with Gasteiger partial charge >= 0.3 is 0 Å². The molecule has 0 amide bonds. The number of nitrogens with zero attached hydrogens (tertiary/aromatic N) is 3. The fraction of sp³-hybridized carbons (Fsp3) is 0.240. The minimum absolute atomic E-state index is 0.118. The van der Waals surface area contributed by atoms with Gasteiger partial charge in [0.2, 0.25) is 0 Å². The van der Waals surface area contributed by atoms with Gasteiger partial charge in [0.1, 0.15) is 0 Å². The molecule has 0 N–H and O–H groups in total. The highest BCUT2D eigenvalue weighted by Crippen LogP contribution is 2.39. The van der Waals surface area contributed by atoms with E-state index in [2.05, 4.69) is 101 Å². The molecule has 0 radical (unpaired) electrons. The second-order valence-electron chi connectivity index (χ2n) is 7.48. The molecule has 0 bridgehead atoms. The molecule has 0 spiro atoms. The lowest BCUT2D eigenvalue weighted by molar-refractivity contribution is 0.0260. The van der Waals surface area contributed by atoms with E-state index in [1.54, 1.807) is 0 Å². The summed E-state index contributed by atoms with van der Waals surface area (Å²) in [5.74, 6) is 0. The Morgan fingerprint density at radius 2 is 1.28 bits per heavy atom. The normalized spacial score (nSPS) is 22.5. The van der Waals surface area contributed by atoms with E-state index in [-0.39, 0.29) is 12.1 Å². The summed E-state index contributed by atoms with van der Waals surface area (Å²) >= 11 is 0. The van der Waals surface area contributed by atoms with Crippen molar-refractivity contribution in [2.45, 2.75) is 12.1 Å². The van der Waals surface area contributed by atoms with Crippen LogP contribution in [-0.4, -0.2) is 43.0 Å². The molecule has 146 valence electrons. The van der Waals surface area contributed by atoms with Gasteiger partial charge in [-0.1, -0.05) is 78.9 Å². The Kier molecular flexibility index (Phi) is 5.11. The topological polar surface area (TPSA) is 28.1 Å². The first-order valence-electron chi connectivity index (χ1n) is 10.3. The molecule has 0 aliphatic carbocycles. The molecule has 1 saturated heterocycles. The van der Waals surface area contributed by atoms with Crippen molar-refractivity contribution in [2.24, 2.45) is 5.10 Å². The zero-order valence-corrected chi connectivity index (χ0v) is 16.4. The Bertz CT molecular complexity index is 953. The lowest BCUT2D eigenvalue weighted by Crippen LogP contribution is -2.50. The van der Waals surface area contributed by atoms with Gasteiger partial charge < -0.3 is 4.74 Å². The van der Waals surface area contributed by atoms with Gasteiger partial charge in [0.15, 0.2) is 0 Å². The highest BCUT2D eigenvalue weighted by atomic mass is 16.5. The monoisotopic (exact) mass is 383 g/mol. The number of rotatable bonds is 4. The van der Waals surface area contributed by atoms with Gasteiger partial charge in [0, 0.05) is 13.1 Å². The molecule has 4 nitrogen and oxygen atoms in total. The lowest BCUT2D eigenvalue weighted by atomic mass is 9.91. The van der Waals surface area contributed by atoms with E-state index < -0.39 is 0 Å². The van der Waals surface area contributed by atoms with Crippen molar-refractivity contribution in [2.75, 3.05) is 31.3 Å². The highest BCUT2D eigenvalue weighted by Gasteiger charge is 2.43. The molecular weight excluding hydrogens is 358 g/mol. The molecule has 0 aromatic heterocycles. The first-order valence-corrected chi connectivity index (χ1v) is 10.3. The van der Waals surface area contributed by atoms with Crippen molar-refractivity contribution in [3.63, 3.8) is 0 Å². The number of hydrazone groups is 1. The van der Waals surface area contributed by atoms with E-state index in [1.165, 1.54) is 11.1 Å². The van der Waals surface area contributed by atoms with Crippen LogP contribution in [0.25, 0.3) is 0 Å². The van der Waals surface area contributed by atoms with E-state index in [4.69, 9.17) is 9.84 Å². The molecule has 2 unspecified atom stereocenters. The number of benzene rings is 3. The Balaban J connectivity index is 1.65. The molecule has 2 heterocycles. The van der Waals surface area contributed by atoms with E-state index in [9.17, 15) is 0 Å². The molecule has 2 aliphatic rings. The molecule has 1 fully saturated rings. The van der Waals surface area contributed by atoms with Crippen LogP contribution in [0.15, 0.2) is 96.1 Å². The zero-order valence-electron chi connectivity index (χ0n) is 16.4. The van der Waals surface area contributed by atoms with Crippen LogP contribution in [0.1, 0.15) is 17.2 Å². The van der Waals surface area contributed by atoms with E-state index in [0.29, 0.717) is 0 Å². The standard InChI is InChI=1S/C25H25N3O/c1-4-10-20(11-5-1)23-25(27-16-18-29-19-17-27)24(21-12-6-2-7-13-21)28(26-23)22-14-8-3-9-15-22/h1-15,24-25H,16-19H2. The number of morpholine rings is 1. The minimum Gasteiger partial charge on any atom is -0.379 e. The van der Waals surface area contributed by atoms with E-state index in [1.807, 2.05) is 0 Å². The van der Waals surface area contributed by atoms with Gasteiger partial charge in [0.05, 0.1) is 36.7 Å². The minimum atomic E-state index is 0.118. The maximum Gasteiger partial charge on any atom is 0.0988 e. The Labute approximate surface area is 172 Å². The summed E-state index contributed by atoms with van der Waals surface area (Å²) in [5, 5.41) is 7.42. The van der Waals surface area contributed by atoms with Gasteiger partial charge in [-0.25, -0.2) is 0 Å². The van der Waals surface area contributed by atoms with Crippen LogP contribution >= 0.6 is 0 Å². The van der Waals surface area contributed by atoms with Crippen LogP contribution in [0, 0.1) is 0 Å². The number of anilines is 1. The molecule has 4 heteroatoms. The molecule has 3 aromatic rings. The van der Waals surface area contributed by atoms with Crippen LogP contribution in [0.4, 0.5) is 5.69 Å². The van der Waals surface area contributed by atoms with Gasteiger partial charge in [-0.2, -0.15) is 5.10 Å². The van der Waals surface area contributed by atoms with Crippen molar-refractivity contribution >= 4 is 11.4 Å². The van der Waals surface area contributed by atoms with E-state index >= 15 is 0 Å². The maximum absolute atomic E-state index is 5.66. The van der Waals surface area contributed by atoms with Crippen molar-refractivity contribution in [3.05, 3.63) is 102 Å². The van der Waals surface area contributed by atoms with Gasteiger partial charge in [-0.15, -0.1) is 0 Å². The second kappa shape index (κ2) is 8.19. The fourth-order valence-corrected chi connectivity index (χ4v) is 4.36. The molecular formula is C25H25N3O. The first-order chi connectivity index (χ1) is 14.4. The Hall–Kier alpha value is -2.95. The van der Waals surface area contributed by atoms with Crippen LogP contribution in [0.5, 0.6) is 0 Å². The number of hydrogen-bond donors (Lipinski definition) is 0. The number of para-hydroxylation sites is 1. The summed E-state index contributed by atoms with van der Waals surface area (Å²) < 4.78 is 5.66. The number of hydrogen-bond acceptors (Lipinski definition) is 4. The van der Waals surface area contributed by atoms with Crippen LogP contribution < -0.4 is 5.01 Å². The third kappa shape index (κ3) is 3.57. The summed E-state index contributed by atoms with van der Waals surface area (Å²) in [6, 6.07) is 32.1. The van der Waals surface area contributed by atoms with Crippen LogP contribution in [0.3, 0.4) is 0 Å². The summed E-state index contributed by atoms with van der Waals surface area (Å²) in [6.07, 6.45) is 0. The van der Waals surface area contributed by atoms with Gasteiger partial charge in [0.25, 0.3) is 0 Å². The third-order valence-corrected chi connectivity index (χ3v) is 5.73. The SMILES string of the molecule is c1ccc(C2=NN(c3ccccc3)C(c3ccccc3)C2N2CCOCC2)cc1. The highest BCUT2D eigenvalue weighted by molar-refractivity contribution is 6.07. The van der Waals surface area contributed by atoms with Gasteiger partial charge in [-0.3, -0.25) is 9.91 Å². The Morgan fingerprint density at radius 3 is 1.93 bits per heavy atom. The molecule has 0 saturated carbocycles. The quantitative estimate of drug-likeness (QED) is 0.670. The zero-order chi connectivity index (χ0) is 19.5. The molecule has 29 heavy (non-hydrogen) atoms. The van der Waals surface area contributed by atoms with Crippen molar-refractivity contribution in [1.82, 2.24) is 4.90 Å². The molecule has 2 atom stereocenters. The van der Waals surface area contributed by atoms with Crippen molar-refractivity contribution < 1.29 is 4.74 Å². The van der Waals surface area contributed by atoms with Crippen molar-refractivity contribution in [3.8, 4) is 0 Å². The first kappa shape index (κ1) is 18.1. The molecule has 2 aliphatic heterocycles. The number of ether oxygens (including phenoxy) is 1. The van der Waals surface area contributed by atoms with Crippen LogP contribution in [-0.2, 0) is 4.74 Å². The lowest BCUT2D eigenvalue weighted by Gasteiger charge is -2.38. The molecule has 5 rings (SSSR count). The average molecular weight is 383 g/mol. The average Bonchev–Trinajstić information content (AvgIpc) is 3.22. The third-order valence-electron chi connectivity index (χ3n) is 5.73. The largest absolute Gasteiger partial charge is 0.379 e. The fourth-order valence-electron chi connectivity index (χ4n) is 4.36. The summed E-state index contributed by atoms with van der Waals surface area (Å²) in [5.41, 5.74) is 4.71. The van der Waals surface area contributed by atoms with E-state index in [0.717, 1.165) is 37.7 Å². The maximum atomic E-state index is 5.66. The van der Waals surface area contributed by atoms with Crippen LogP contribution in [0.2, 0.25) is 0 Å². The Morgan fingerprint density at radius 1 is 0.690 bits per heavy atom. The van der Waals surface area contributed by atoms with Gasteiger partial charge in [-0.05, 0) is 23.3 Å². The summed E-state index contributed by atoms with van der Waals surface area (Å²) in [6.45, 7) is 3.38. The predicted molar refractivity (Wildman–Crippen MR) is 117 cm³/mol. The summed E-state index contributed by atoms with van der Waals surface area (Å²) in [7, 11) is 0.